The van der Waals surface area contributed by atoms with E-state index in [4.69, 9.17) is 0 Å². The first kappa shape index (κ1) is 10.4. The van der Waals surface area contributed by atoms with Crippen LogP contribution in [0.5, 0.6) is 0 Å². The minimum atomic E-state index is 1.19. The van der Waals surface area contributed by atoms with Crippen molar-refractivity contribution in [3.63, 3.8) is 0 Å². The van der Waals surface area contributed by atoms with Crippen LogP contribution < -0.4 is 0 Å². The smallest absolute Gasteiger partial charge is 0.0460 e. The minimum absolute atomic E-state index is 1.19. The maximum atomic E-state index is 3.33. The molecule has 3 aromatic carbocycles. The Hall–Kier alpha value is -2.54. The maximum Gasteiger partial charge on any atom is 0.0460 e. The molecule has 0 spiro atoms. The van der Waals surface area contributed by atoms with Crippen LogP contribution in [0.4, 0.5) is 0 Å². The molecule has 90 valence electrons. The summed E-state index contributed by atoms with van der Waals surface area (Å²) in [4.78, 5) is 3.33. The molecule has 0 radical (unpaired) electrons. The number of para-hydroxylation sites is 1. The molecule has 1 heteroatoms. The highest BCUT2D eigenvalue weighted by molar-refractivity contribution is 5.98. The zero-order chi connectivity index (χ0) is 12.7. The van der Waals surface area contributed by atoms with Gasteiger partial charge < -0.3 is 4.98 Å². The summed E-state index contributed by atoms with van der Waals surface area (Å²) in [5.74, 6) is 0. The van der Waals surface area contributed by atoms with E-state index in [9.17, 15) is 0 Å². The number of H-pyrrole nitrogens is 1. The second-order valence-electron chi connectivity index (χ2n) is 4.81. The Kier molecular flexibility index (Phi) is 2.18. The molecular weight excluding hydrogens is 230 g/mol. The van der Waals surface area contributed by atoms with Crippen molar-refractivity contribution in [3.8, 4) is 11.1 Å². The first-order valence-electron chi connectivity index (χ1n) is 6.47. The van der Waals surface area contributed by atoms with Crippen molar-refractivity contribution in [2.75, 3.05) is 0 Å². The lowest BCUT2D eigenvalue weighted by atomic mass is 10.0. The Morgan fingerprint density at radius 1 is 0.684 bits per heavy atom. The van der Waals surface area contributed by atoms with Gasteiger partial charge in [0.2, 0.25) is 0 Å². The van der Waals surface area contributed by atoms with E-state index in [1.54, 1.807) is 0 Å². The molecule has 0 bridgehead atoms. The molecule has 0 amide bonds. The van der Waals surface area contributed by atoms with Gasteiger partial charge in [-0.05, 0) is 28.5 Å². The van der Waals surface area contributed by atoms with Gasteiger partial charge >= 0.3 is 0 Å². The highest BCUT2D eigenvalue weighted by atomic mass is 14.7. The summed E-state index contributed by atoms with van der Waals surface area (Å²) in [6.07, 6.45) is 2.09. The van der Waals surface area contributed by atoms with Crippen molar-refractivity contribution in [3.05, 3.63) is 72.9 Å². The number of fused-ring (bicyclic) bond motifs is 2. The third kappa shape index (κ3) is 1.63. The topological polar surface area (TPSA) is 15.8 Å². The van der Waals surface area contributed by atoms with Gasteiger partial charge in [0.1, 0.15) is 0 Å². The van der Waals surface area contributed by atoms with Crippen molar-refractivity contribution >= 4 is 21.7 Å². The van der Waals surface area contributed by atoms with E-state index in [1.807, 2.05) is 0 Å². The monoisotopic (exact) mass is 243 g/mol. The Bertz CT molecular complexity index is 871. The van der Waals surface area contributed by atoms with Gasteiger partial charge in [-0.1, -0.05) is 54.6 Å². The Balaban J connectivity index is 1.99. The predicted octanol–water partition coefficient (Wildman–Crippen LogP) is 4.99. The number of hydrogen-bond donors (Lipinski definition) is 1. The van der Waals surface area contributed by atoms with Crippen LogP contribution in [-0.2, 0) is 0 Å². The fourth-order valence-electron chi connectivity index (χ4n) is 2.67. The second kappa shape index (κ2) is 3.99. The van der Waals surface area contributed by atoms with Crippen LogP contribution in [0.1, 0.15) is 0 Å². The summed E-state index contributed by atoms with van der Waals surface area (Å²) >= 11 is 0. The molecule has 0 saturated heterocycles. The molecule has 0 aliphatic carbocycles. The van der Waals surface area contributed by atoms with E-state index in [0.29, 0.717) is 0 Å². The number of aromatic amines is 1. The molecule has 4 aromatic rings. The molecule has 1 nitrogen and oxygen atoms in total. The lowest BCUT2D eigenvalue weighted by Crippen LogP contribution is -1.77. The lowest BCUT2D eigenvalue weighted by molar-refractivity contribution is 1.47. The van der Waals surface area contributed by atoms with Crippen LogP contribution in [0.2, 0.25) is 0 Å². The molecule has 4 rings (SSSR count). The quantitative estimate of drug-likeness (QED) is 0.485. The van der Waals surface area contributed by atoms with Crippen molar-refractivity contribution in [1.29, 1.82) is 0 Å². The average molecular weight is 243 g/mol. The number of aromatic nitrogens is 1. The van der Waals surface area contributed by atoms with Gasteiger partial charge in [0, 0.05) is 22.7 Å². The predicted molar refractivity (Wildman–Crippen MR) is 81.2 cm³/mol. The van der Waals surface area contributed by atoms with Crippen molar-refractivity contribution in [1.82, 2.24) is 4.98 Å². The van der Waals surface area contributed by atoms with E-state index in [0.717, 1.165) is 0 Å². The molecule has 1 N–H and O–H groups in total. The fraction of sp³-hybridized carbons (Fsp3) is 0. The molecule has 0 atom stereocenters. The summed E-state index contributed by atoms with van der Waals surface area (Å²) in [7, 11) is 0. The Morgan fingerprint density at radius 3 is 2.42 bits per heavy atom. The van der Waals surface area contributed by atoms with Crippen LogP contribution in [-0.4, -0.2) is 4.98 Å². The average Bonchev–Trinajstić information content (AvgIpc) is 2.91. The van der Waals surface area contributed by atoms with Crippen LogP contribution in [0.15, 0.2) is 72.9 Å². The van der Waals surface area contributed by atoms with Gasteiger partial charge in [-0.2, -0.15) is 0 Å². The largest absolute Gasteiger partial charge is 0.361 e. The fourth-order valence-corrected chi connectivity index (χ4v) is 2.67. The normalized spacial score (nSPS) is 11.2. The van der Waals surface area contributed by atoms with Crippen molar-refractivity contribution < 1.29 is 0 Å². The standard InChI is InChI=1S/C18H13N/c1-2-6-14-11-15(10-9-13(14)5-1)17-12-19-18-8-4-3-7-16(17)18/h1-12,19H. The zero-order valence-corrected chi connectivity index (χ0v) is 10.4. The SMILES string of the molecule is c1ccc2cc(-c3c[nH]c4ccccc34)ccc2c1. The summed E-state index contributed by atoms with van der Waals surface area (Å²) in [5.41, 5.74) is 3.71. The van der Waals surface area contributed by atoms with Gasteiger partial charge in [0.05, 0.1) is 0 Å². The number of rotatable bonds is 1. The molecule has 0 aliphatic heterocycles. The Labute approximate surface area is 111 Å². The first-order chi connectivity index (χ1) is 9.42. The molecule has 1 aromatic heterocycles. The summed E-state index contributed by atoms with van der Waals surface area (Å²) < 4.78 is 0. The highest BCUT2D eigenvalue weighted by Gasteiger charge is 2.05. The molecule has 0 aliphatic rings. The van der Waals surface area contributed by atoms with Crippen LogP contribution in [0, 0.1) is 0 Å². The van der Waals surface area contributed by atoms with E-state index in [2.05, 4.69) is 77.9 Å². The van der Waals surface area contributed by atoms with E-state index < -0.39 is 0 Å². The van der Waals surface area contributed by atoms with Crippen LogP contribution >= 0.6 is 0 Å². The molecular formula is C18H13N. The number of benzene rings is 3. The lowest BCUT2D eigenvalue weighted by Gasteiger charge is -2.03. The van der Waals surface area contributed by atoms with Crippen molar-refractivity contribution in [2.45, 2.75) is 0 Å². The first-order valence-corrected chi connectivity index (χ1v) is 6.47. The third-order valence-corrected chi connectivity index (χ3v) is 3.65. The summed E-state index contributed by atoms with van der Waals surface area (Å²) in [6, 6.07) is 23.5. The third-order valence-electron chi connectivity index (χ3n) is 3.65. The molecule has 1 heterocycles. The molecule has 19 heavy (non-hydrogen) atoms. The van der Waals surface area contributed by atoms with E-state index >= 15 is 0 Å². The van der Waals surface area contributed by atoms with Crippen molar-refractivity contribution in [2.24, 2.45) is 0 Å². The summed E-state index contributed by atoms with van der Waals surface area (Å²) in [5, 5.41) is 3.84. The maximum absolute atomic E-state index is 3.33. The van der Waals surface area contributed by atoms with Gasteiger partial charge in [-0.15, -0.1) is 0 Å². The Morgan fingerprint density at radius 2 is 1.47 bits per heavy atom. The van der Waals surface area contributed by atoms with Gasteiger partial charge in [0.25, 0.3) is 0 Å². The van der Waals surface area contributed by atoms with E-state index in [-0.39, 0.29) is 0 Å². The minimum Gasteiger partial charge on any atom is -0.361 e. The van der Waals surface area contributed by atoms with E-state index in [1.165, 1.54) is 32.8 Å². The zero-order valence-electron chi connectivity index (χ0n) is 10.4. The van der Waals surface area contributed by atoms with Crippen LogP contribution in [0.3, 0.4) is 0 Å². The van der Waals surface area contributed by atoms with Gasteiger partial charge in [-0.25, -0.2) is 0 Å². The van der Waals surface area contributed by atoms with Gasteiger partial charge in [-0.3, -0.25) is 0 Å². The highest BCUT2D eigenvalue weighted by Crippen LogP contribution is 2.30. The summed E-state index contributed by atoms with van der Waals surface area (Å²) in [6.45, 7) is 0. The van der Waals surface area contributed by atoms with Gasteiger partial charge in [0.15, 0.2) is 0 Å². The second-order valence-corrected chi connectivity index (χ2v) is 4.81. The number of hydrogen-bond acceptors (Lipinski definition) is 0. The van der Waals surface area contributed by atoms with Crippen LogP contribution in [0.25, 0.3) is 32.8 Å². The molecule has 0 fully saturated rings. The number of nitrogens with one attached hydrogen (secondary N) is 1. The molecule has 0 unspecified atom stereocenters. The molecule has 0 saturated carbocycles.